The smallest absolute Gasteiger partial charge is 0.266 e. The second-order valence-corrected chi connectivity index (χ2v) is 9.29. The van der Waals surface area contributed by atoms with Crippen LogP contribution in [-0.2, 0) is 5.41 Å². The van der Waals surface area contributed by atoms with E-state index in [0.29, 0.717) is 15.3 Å². The first-order valence-corrected chi connectivity index (χ1v) is 10.3. The summed E-state index contributed by atoms with van der Waals surface area (Å²) < 4.78 is 2.02. The number of aromatic nitrogens is 3. The van der Waals surface area contributed by atoms with Crippen molar-refractivity contribution in [2.24, 2.45) is 0 Å². The molecule has 3 heterocycles. The summed E-state index contributed by atoms with van der Waals surface area (Å²) in [6.07, 6.45) is 5.69. The molecule has 0 aliphatic heterocycles. The molecule has 136 valence electrons. The van der Waals surface area contributed by atoms with Crippen LogP contribution in [0.25, 0.3) is 23.2 Å². The average Bonchev–Trinajstić information content (AvgIpc) is 3.33. The number of fused-ring (bicyclic) bond motifs is 1. The number of rotatable bonds is 3. The SMILES string of the molecule is CC(C)(C)c1ccc(/C=c2/sc3nc(/C=C/c4cccs4)nn3c2=O)cc1. The molecule has 0 saturated carbocycles. The van der Waals surface area contributed by atoms with E-state index in [4.69, 9.17) is 0 Å². The maximum atomic E-state index is 12.6. The van der Waals surface area contributed by atoms with E-state index >= 15 is 0 Å². The number of hydrogen-bond acceptors (Lipinski definition) is 5. The van der Waals surface area contributed by atoms with Gasteiger partial charge in [-0.2, -0.15) is 9.50 Å². The van der Waals surface area contributed by atoms with Gasteiger partial charge in [0, 0.05) is 4.88 Å². The summed E-state index contributed by atoms with van der Waals surface area (Å²) in [7, 11) is 0. The molecule has 0 aliphatic carbocycles. The van der Waals surface area contributed by atoms with Crippen molar-refractivity contribution < 1.29 is 0 Å². The van der Waals surface area contributed by atoms with Crippen molar-refractivity contribution in [2.75, 3.05) is 0 Å². The standard InChI is InChI=1S/C21H19N3OS2/c1-21(2,3)15-8-6-14(7-9-15)13-17-19(25)24-20(27-17)22-18(23-24)11-10-16-5-4-12-26-16/h4-13H,1-3H3/b11-10+,17-13+. The van der Waals surface area contributed by atoms with Crippen molar-refractivity contribution in [1.29, 1.82) is 0 Å². The maximum absolute atomic E-state index is 12.6. The maximum Gasteiger partial charge on any atom is 0.291 e. The largest absolute Gasteiger partial charge is 0.291 e. The van der Waals surface area contributed by atoms with Crippen LogP contribution >= 0.6 is 22.7 Å². The Bertz CT molecular complexity index is 1210. The lowest BCUT2D eigenvalue weighted by Gasteiger charge is -2.18. The first kappa shape index (κ1) is 17.8. The highest BCUT2D eigenvalue weighted by Crippen LogP contribution is 2.22. The molecule has 3 aromatic heterocycles. The Morgan fingerprint density at radius 1 is 1.07 bits per heavy atom. The minimum Gasteiger partial charge on any atom is -0.266 e. The molecule has 1 aromatic carbocycles. The van der Waals surface area contributed by atoms with Gasteiger partial charge < -0.3 is 0 Å². The van der Waals surface area contributed by atoms with E-state index in [1.807, 2.05) is 47.9 Å². The topological polar surface area (TPSA) is 47.3 Å². The van der Waals surface area contributed by atoms with Gasteiger partial charge in [0.15, 0.2) is 5.82 Å². The number of benzene rings is 1. The van der Waals surface area contributed by atoms with Crippen LogP contribution < -0.4 is 10.1 Å². The third-order valence-electron chi connectivity index (χ3n) is 4.21. The van der Waals surface area contributed by atoms with Crippen molar-refractivity contribution in [1.82, 2.24) is 14.6 Å². The highest BCUT2D eigenvalue weighted by molar-refractivity contribution is 7.15. The van der Waals surface area contributed by atoms with Crippen LogP contribution in [0.5, 0.6) is 0 Å². The van der Waals surface area contributed by atoms with E-state index in [-0.39, 0.29) is 11.0 Å². The molecular weight excluding hydrogens is 374 g/mol. The predicted molar refractivity (Wildman–Crippen MR) is 114 cm³/mol. The van der Waals surface area contributed by atoms with Crippen LogP contribution in [-0.4, -0.2) is 14.6 Å². The number of thiophene rings is 1. The van der Waals surface area contributed by atoms with E-state index in [9.17, 15) is 4.79 Å². The minimum atomic E-state index is -0.127. The predicted octanol–water partition coefficient (Wildman–Crippen LogP) is 4.23. The molecule has 0 N–H and O–H groups in total. The first-order chi connectivity index (χ1) is 12.9. The fourth-order valence-corrected chi connectivity index (χ4v) is 4.23. The van der Waals surface area contributed by atoms with Gasteiger partial charge in [-0.1, -0.05) is 62.4 Å². The zero-order chi connectivity index (χ0) is 19.0. The molecule has 4 rings (SSSR count). The quantitative estimate of drug-likeness (QED) is 0.523. The second-order valence-electron chi connectivity index (χ2n) is 7.30. The third kappa shape index (κ3) is 3.77. The number of hydrogen-bond donors (Lipinski definition) is 0. The van der Waals surface area contributed by atoms with Gasteiger partial charge in [-0.3, -0.25) is 4.79 Å². The van der Waals surface area contributed by atoms with E-state index < -0.39 is 0 Å². The first-order valence-electron chi connectivity index (χ1n) is 8.63. The average molecular weight is 394 g/mol. The van der Waals surface area contributed by atoms with Crippen molar-refractivity contribution in [3.05, 3.63) is 78.5 Å². The molecule has 6 heteroatoms. The van der Waals surface area contributed by atoms with Crippen LogP contribution in [0.15, 0.2) is 46.6 Å². The molecule has 0 atom stereocenters. The summed E-state index contributed by atoms with van der Waals surface area (Å²) >= 11 is 3.01. The van der Waals surface area contributed by atoms with Gasteiger partial charge >= 0.3 is 0 Å². The summed E-state index contributed by atoms with van der Waals surface area (Å²) in [4.78, 5) is 18.8. The number of thiazole rings is 1. The Kier molecular flexibility index (Phi) is 4.53. The monoisotopic (exact) mass is 393 g/mol. The molecule has 4 aromatic rings. The molecule has 0 bridgehead atoms. The van der Waals surface area contributed by atoms with Crippen molar-refractivity contribution in [3.8, 4) is 0 Å². The van der Waals surface area contributed by atoms with Crippen molar-refractivity contribution >= 4 is 45.9 Å². The molecule has 0 fully saturated rings. The molecular formula is C21H19N3OS2. The van der Waals surface area contributed by atoms with Crippen molar-refractivity contribution in [3.63, 3.8) is 0 Å². The highest BCUT2D eigenvalue weighted by Gasteiger charge is 2.13. The molecule has 0 spiro atoms. The molecule has 0 radical (unpaired) electrons. The fourth-order valence-electron chi connectivity index (χ4n) is 2.69. The van der Waals surface area contributed by atoms with Gasteiger partial charge in [0.2, 0.25) is 4.96 Å². The molecule has 27 heavy (non-hydrogen) atoms. The van der Waals surface area contributed by atoms with Gasteiger partial charge in [-0.05, 0) is 46.2 Å². The fraction of sp³-hybridized carbons (Fsp3) is 0.190. The Labute approximate surface area is 165 Å². The molecule has 0 unspecified atom stereocenters. The van der Waals surface area contributed by atoms with E-state index in [1.54, 1.807) is 11.3 Å². The minimum absolute atomic E-state index is 0.114. The van der Waals surface area contributed by atoms with Crippen LogP contribution in [0.4, 0.5) is 0 Å². The van der Waals surface area contributed by atoms with Gasteiger partial charge in [-0.15, -0.1) is 16.4 Å². The Hall–Kier alpha value is -2.57. The zero-order valence-corrected chi connectivity index (χ0v) is 17.0. The second kappa shape index (κ2) is 6.87. The lowest BCUT2D eigenvalue weighted by molar-refractivity contribution is 0.590. The molecule has 0 saturated heterocycles. The molecule has 0 amide bonds. The Balaban J connectivity index is 1.65. The summed E-state index contributed by atoms with van der Waals surface area (Å²) in [5.41, 5.74) is 2.26. The summed E-state index contributed by atoms with van der Waals surface area (Å²) in [6, 6.07) is 12.3. The van der Waals surface area contributed by atoms with E-state index in [0.717, 1.165) is 10.4 Å². The summed E-state index contributed by atoms with van der Waals surface area (Å²) in [6.45, 7) is 6.56. The van der Waals surface area contributed by atoms with Crippen LogP contribution in [0.3, 0.4) is 0 Å². The lowest BCUT2D eigenvalue weighted by Crippen LogP contribution is -2.23. The van der Waals surface area contributed by atoms with E-state index in [2.05, 4.69) is 43.0 Å². The Morgan fingerprint density at radius 2 is 1.85 bits per heavy atom. The van der Waals surface area contributed by atoms with Gasteiger partial charge in [0.05, 0.1) is 4.53 Å². The summed E-state index contributed by atoms with van der Waals surface area (Å²) in [5.74, 6) is 0.549. The van der Waals surface area contributed by atoms with Gasteiger partial charge in [0.1, 0.15) is 0 Å². The molecule has 4 nitrogen and oxygen atoms in total. The van der Waals surface area contributed by atoms with Crippen LogP contribution in [0, 0.1) is 0 Å². The third-order valence-corrected chi connectivity index (χ3v) is 6.01. The summed E-state index contributed by atoms with van der Waals surface area (Å²) in [5, 5.41) is 6.34. The Morgan fingerprint density at radius 3 is 2.48 bits per heavy atom. The van der Waals surface area contributed by atoms with Crippen LogP contribution in [0.2, 0.25) is 0 Å². The highest BCUT2D eigenvalue weighted by atomic mass is 32.1. The van der Waals surface area contributed by atoms with Gasteiger partial charge in [-0.25, -0.2) is 0 Å². The van der Waals surface area contributed by atoms with Gasteiger partial charge in [0.25, 0.3) is 5.56 Å². The van der Waals surface area contributed by atoms with Crippen molar-refractivity contribution in [2.45, 2.75) is 26.2 Å². The van der Waals surface area contributed by atoms with E-state index in [1.165, 1.54) is 21.4 Å². The molecule has 0 aliphatic rings. The normalized spacial score (nSPS) is 13.2. The number of nitrogens with zero attached hydrogens (tertiary/aromatic N) is 3. The lowest BCUT2D eigenvalue weighted by atomic mass is 9.87. The van der Waals surface area contributed by atoms with Crippen LogP contribution in [0.1, 0.15) is 42.6 Å². The zero-order valence-electron chi connectivity index (χ0n) is 15.3.